The van der Waals surface area contributed by atoms with Crippen LogP contribution >= 0.6 is 23.4 Å². The summed E-state index contributed by atoms with van der Waals surface area (Å²) in [6.45, 7) is 4.33. The Balaban J connectivity index is 1.97. The molecular formula is C13H17ClN2S. The fourth-order valence-corrected chi connectivity index (χ4v) is 2.99. The number of nitrogens with one attached hydrogen (secondary N) is 1. The van der Waals surface area contributed by atoms with Crippen LogP contribution in [0.3, 0.4) is 0 Å². The number of aliphatic imine (C=N–C) groups is 1. The molecule has 1 aliphatic heterocycles. The van der Waals surface area contributed by atoms with Gasteiger partial charge in [-0.3, -0.25) is 4.99 Å². The summed E-state index contributed by atoms with van der Waals surface area (Å²) in [6.07, 6.45) is 1.12. The Bertz CT molecular complexity index is 402. The summed E-state index contributed by atoms with van der Waals surface area (Å²) in [7, 11) is 0. The predicted octanol–water partition coefficient (Wildman–Crippen LogP) is 3.87. The second kappa shape index (κ2) is 5.78. The third-order valence-electron chi connectivity index (χ3n) is 2.89. The van der Waals surface area contributed by atoms with Crippen LogP contribution in [0, 0.1) is 0 Å². The molecule has 0 radical (unpaired) electrons. The van der Waals surface area contributed by atoms with E-state index < -0.39 is 0 Å². The van der Waals surface area contributed by atoms with E-state index in [2.05, 4.69) is 36.3 Å². The van der Waals surface area contributed by atoms with E-state index in [0.29, 0.717) is 6.04 Å². The zero-order valence-corrected chi connectivity index (χ0v) is 11.7. The normalized spacial score (nSPS) is 21.1. The van der Waals surface area contributed by atoms with Crippen LogP contribution < -0.4 is 5.32 Å². The van der Waals surface area contributed by atoms with Crippen molar-refractivity contribution < 1.29 is 0 Å². The Morgan fingerprint density at radius 1 is 1.47 bits per heavy atom. The van der Waals surface area contributed by atoms with E-state index in [1.54, 1.807) is 0 Å². The zero-order chi connectivity index (χ0) is 12.3. The van der Waals surface area contributed by atoms with E-state index in [1.807, 2.05) is 23.9 Å². The van der Waals surface area contributed by atoms with Crippen LogP contribution in [-0.2, 0) is 0 Å². The lowest BCUT2D eigenvalue weighted by Crippen LogP contribution is -2.22. The molecule has 0 bridgehead atoms. The van der Waals surface area contributed by atoms with Gasteiger partial charge in [0.05, 0.1) is 12.1 Å². The monoisotopic (exact) mass is 268 g/mol. The molecule has 0 aliphatic carbocycles. The molecule has 1 N–H and O–H groups in total. The fraction of sp³-hybridized carbons (Fsp3) is 0.462. The lowest BCUT2D eigenvalue weighted by molar-refractivity contribution is 0.702. The van der Waals surface area contributed by atoms with Crippen molar-refractivity contribution in [2.24, 2.45) is 4.99 Å². The SMILES string of the molecule is CCC1CSC(NC(C)c2ccc(Cl)cc2)=N1. The Hall–Kier alpha value is -0.670. The maximum atomic E-state index is 5.88. The quantitative estimate of drug-likeness (QED) is 0.900. The number of halogens is 1. The van der Waals surface area contributed by atoms with Crippen LogP contribution in [0.2, 0.25) is 5.02 Å². The number of hydrogen-bond donors (Lipinski definition) is 1. The third-order valence-corrected chi connectivity index (χ3v) is 4.19. The number of rotatable bonds is 3. The minimum Gasteiger partial charge on any atom is -0.358 e. The number of nitrogens with zero attached hydrogens (tertiary/aromatic N) is 1. The number of thioether (sulfide) groups is 1. The van der Waals surface area contributed by atoms with Crippen molar-refractivity contribution in [3.05, 3.63) is 34.9 Å². The molecule has 1 aliphatic rings. The average Bonchev–Trinajstić information content (AvgIpc) is 2.77. The molecule has 1 aromatic carbocycles. The van der Waals surface area contributed by atoms with Crippen LogP contribution in [-0.4, -0.2) is 17.0 Å². The minimum absolute atomic E-state index is 0.272. The van der Waals surface area contributed by atoms with Crippen molar-refractivity contribution in [2.75, 3.05) is 5.75 Å². The fourth-order valence-electron chi connectivity index (χ4n) is 1.72. The van der Waals surface area contributed by atoms with Gasteiger partial charge in [0.2, 0.25) is 0 Å². The van der Waals surface area contributed by atoms with Gasteiger partial charge in [0.1, 0.15) is 0 Å². The summed E-state index contributed by atoms with van der Waals surface area (Å²) in [4.78, 5) is 4.63. The van der Waals surface area contributed by atoms with Gasteiger partial charge in [0, 0.05) is 10.8 Å². The van der Waals surface area contributed by atoms with Crippen LogP contribution in [0.5, 0.6) is 0 Å². The zero-order valence-electron chi connectivity index (χ0n) is 10.1. The van der Waals surface area contributed by atoms with Gasteiger partial charge in [-0.2, -0.15) is 0 Å². The van der Waals surface area contributed by atoms with Crippen molar-refractivity contribution in [3.8, 4) is 0 Å². The van der Waals surface area contributed by atoms with E-state index >= 15 is 0 Å². The van der Waals surface area contributed by atoms with Crippen LogP contribution in [0.1, 0.15) is 31.9 Å². The molecule has 2 nitrogen and oxygen atoms in total. The van der Waals surface area contributed by atoms with Gasteiger partial charge in [0.15, 0.2) is 5.17 Å². The maximum absolute atomic E-state index is 5.88. The largest absolute Gasteiger partial charge is 0.358 e. The van der Waals surface area contributed by atoms with E-state index in [1.165, 1.54) is 5.56 Å². The van der Waals surface area contributed by atoms with Gasteiger partial charge < -0.3 is 5.32 Å². The molecule has 2 unspecified atom stereocenters. The molecule has 2 rings (SSSR count). The Morgan fingerprint density at radius 2 is 2.18 bits per heavy atom. The summed E-state index contributed by atoms with van der Waals surface area (Å²) in [6, 6.07) is 8.71. The molecule has 4 heteroatoms. The van der Waals surface area contributed by atoms with Crippen molar-refractivity contribution >= 4 is 28.5 Å². The van der Waals surface area contributed by atoms with E-state index in [9.17, 15) is 0 Å². The smallest absolute Gasteiger partial charge is 0.157 e. The molecule has 0 aromatic heterocycles. The number of benzene rings is 1. The highest BCUT2D eigenvalue weighted by Gasteiger charge is 2.18. The van der Waals surface area contributed by atoms with Crippen molar-refractivity contribution in [3.63, 3.8) is 0 Å². The lowest BCUT2D eigenvalue weighted by atomic mass is 10.1. The Morgan fingerprint density at radius 3 is 2.76 bits per heavy atom. The number of amidine groups is 1. The summed E-state index contributed by atoms with van der Waals surface area (Å²) < 4.78 is 0. The summed E-state index contributed by atoms with van der Waals surface area (Å²) in [5.41, 5.74) is 1.23. The van der Waals surface area contributed by atoms with E-state index in [-0.39, 0.29) is 6.04 Å². The van der Waals surface area contributed by atoms with Gasteiger partial charge >= 0.3 is 0 Å². The highest BCUT2D eigenvalue weighted by molar-refractivity contribution is 8.14. The molecule has 92 valence electrons. The van der Waals surface area contributed by atoms with E-state index in [0.717, 1.165) is 22.4 Å². The number of hydrogen-bond acceptors (Lipinski definition) is 3. The predicted molar refractivity (Wildman–Crippen MR) is 77.0 cm³/mol. The second-order valence-corrected chi connectivity index (χ2v) is 5.67. The molecule has 0 amide bonds. The molecule has 1 aromatic rings. The van der Waals surface area contributed by atoms with Crippen molar-refractivity contribution in [1.29, 1.82) is 0 Å². The topological polar surface area (TPSA) is 24.4 Å². The standard InChI is InChI=1S/C13H17ClN2S/c1-3-12-8-17-13(16-12)15-9(2)10-4-6-11(14)7-5-10/h4-7,9,12H,3,8H2,1-2H3,(H,15,16). The van der Waals surface area contributed by atoms with Crippen LogP contribution in [0.4, 0.5) is 0 Å². The molecule has 17 heavy (non-hydrogen) atoms. The van der Waals surface area contributed by atoms with Gasteiger partial charge in [-0.25, -0.2) is 0 Å². The molecular weight excluding hydrogens is 252 g/mol. The first-order chi connectivity index (χ1) is 8.19. The van der Waals surface area contributed by atoms with Gasteiger partial charge in [-0.15, -0.1) is 0 Å². The highest BCUT2D eigenvalue weighted by atomic mass is 35.5. The lowest BCUT2D eigenvalue weighted by Gasteiger charge is -2.14. The summed E-state index contributed by atoms with van der Waals surface area (Å²) in [5, 5.41) is 5.29. The van der Waals surface area contributed by atoms with E-state index in [4.69, 9.17) is 11.6 Å². The molecule has 1 heterocycles. The Kier molecular flexibility index (Phi) is 4.35. The average molecular weight is 269 g/mol. The first-order valence-electron chi connectivity index (χ1n) is 5.91. The Labute approximate surface area is 112 Å². The first-order valence-corrected chi connectivity index (χ1v) is 7.28. The molecule has 2 atom stereocenters. The molecule has 0 saturated carbocycles. The van der Waals surface area contributed by atoms with Crippen molar-refractivity contribution in [1.82, 2.24) is 5.32 Å². The van der Waals surface area contributed by atoms with Crippen LogP contribution in [0.15, 0.2) is 29.3 Å². The van der Waals surface area contributed by atoms with Crippen molar-refractivity contribution in [2.45, 2.75) is 32.4 Å². The molecule has 0 spiro atoms. The molecule has 0 fully saturated rings. The first kappa shape index (κ1) is 12.8. The van der Waals surface area contributed by atoms with Gasteiger partial charge in [-0.1, -0.05) is 42.4 Å². The summed E-state index contributed by atoms with van der Waals surface area (Å²) in [5.74, 6) is 1.10. The summed E-state index contributed by atoms with van der Waals surface area (Å²) >= 11 is 7.69. The maximum Gasteiger partial charge on any atom is 0.157 e. The van der Waals surface area contributed by atoms with Gasteiger partial charge in [-0.05, 0) is 31.0 Å². The second-order valence-electron chi connectivity index (χ2n) is 4.22. The van der Waals surface area contributed by atoms with Crippen LogP contribution in [0.25, 0.3) is 0 Å². The minimum atomic E-state index is 0.272. The van der Waals surface area contributed by atoms with Gasteiger partial charge in [0.25, 0.3) is 0 Å². The third kappa shape index (κ3) is 3.39. The molecule has 0 saturated heterocycles. The highest BCUT2D eigenvalue weighted by Crippen LogP contribution is 2.22.